The largest absolute Gasteiger partial charge is 0.236 e. The van der Waals surface area contributed by atoms with Gasteiger partial charge in [0.1, 0.15) is 20.6 Å². The molecule has 2 nitrogen and oxygen atoms in total. The molecule has 0 aliphatic rings. The van der Waals surface area contributed by atoms with Crippen LogP contribution in [0.25, 0.3) is 44.1 Å². The Bertz CT molecular complexity index is 1720. The second-order valence-electron chi connectivity index (χ2n) is 14.0. The first-order chi connectivity index (χ1) is 24.4. The van der Waals surface area contributed by atoms with E-state index in [1.807, 2.05) is 0 Å². The molecule has 1 aromatic heterocycles. The zero-order chi connectivity index (χ0) is 35.3. The van der Waals surface area contributed by atoms with Crippen molar-refractivity contribution >= 4 is 85.3 Å². The molecule has 0 spiro atoms. The fourth-order valence-corrected chi connectivity index (χ4v) is 9.03. The molecule has 0 bridgehead atoms. The van der Waals surface area contributed by atoms with Crippen LogP contribution in [-0.4, -0.2) is 9.97 Å². The van der Waals surface area contributed by atoms with Gasteiger partial charge < -0.3 is 0 Å². The Kier molecular flexibility index (Phi) is 16.3. The molecule has 0 amide bonds. The van der Waals surface area contributed by atoms with E-state index in [4.69, 9.17) is 9.97 Å². The van der Waals surface area contributed by atoms with Crippen LogP contribution in [0.4, 0.5) is 0 Å². The van der Waals surface area contributed by atoms with Crippen LogP contribution in [0.1, 0.15) is 128 Å². The van der Waals surface area contributed by atoms with Gasteiger partial charge in [0.2, 0.25) is 0 Å². The topological polar surface area (TPSA) is 25.8 Å². The molecule has 0 unspecified atom stereocenters. The second kappa shape index (κ2) is 20.6. The van der Waals surface area contributed by atoms with Crippen molar-refractivity contribution in [2.75, 3.05) is 0 Å². The lowest BCUT2D eigenvalue weighted by molar-refractivity contribution is 0.575. The zero-order valence-corrected chi connectivity index (χ0v) is 36.3. The molecule has 0 saturated heterocycles. The highest BCUT2D eigenvalue weighted by atomic mass is 79.9. The van der Waals surface area contributed by atoms with Crippen molar-refractivity contribution in [3.63, 3.8) is 0 Å². The molecule has 0 radical (unpaired) electrons. The standard InChI is InChI=1S/C44H52Br4N2/c1-3-5-7-9-11-13-15-17-19-31-21-23-33-27-37(39(45)29-35(33)25-31)41-43(47)50-42(44(48)49-41)38-28-34-24-22-32(26-36(34)30-40(38)46)20-18-16-14-12-10-8-6-4-2/h21-30H,3-20H2,1-2H3. The summed E-state index contributed by atoms with van der Waals surface area (Å²) in [5, 5.41) is 4.91. The number of halogens is 4. The molecule has 0 saturated carbocycles. The van der Waals surface area contributed by atoms with Gasteiger partial charge >= 0.3 is 0 Å². The van der Waals surface area contributed by atoms with E-state index in [1.54, 1.807) is 0 Å². The molecule has 0 fully saturated rings. The third kappa shape index (κ3) is 11.2. The van der Waals surface area contributed by atoms with E-state index in [0.29, 0.717) is 0 Å². The highest BCUT2D eigenvalue weighted by Crippen LogP contribution is 2.40. The quantitative estimate of drug-likeness (QED) is 0.0727. The third-order valence-electron chi connectivity index (χ3n) is 9.94. The average Bonchev–Trinajstić information content (AvgIpc) is 3.11. The van der Waals surface area contributed by atoms with E-state index < -0.39 is 0 Å². The highest BCUT2D eigenvalue weighted by molar-refractivity contribution is 9.11. The van der Waals surface area contributed by atoms with Crippen LogP contribution in [0.5, 0.6) is 0 Å². The van der Waals surface area contributed by atoms with Gasteiger partial charge in [0.05, 0.1) is 0 Å². The van der Waals surface area contributed by atoms with E-state index in [9.17, 15) is 0 Å². The summed E-state index contributed by atoms with van der Waals surface area (Å²) in [5.41, 5.74) is 6.47. The Morgan fingerprint density at radius 1 is 0.400 bits per heavy atom. The summed E-state index contributed by atoms with van der Waals surface area (Å²) < 4.78 is 3.46. The molecule has 4 aromatic carbocycles. The maximum Gasteiger partial charge on any atom is 0.133 e. The van der Waals surface area contributed by atoms with Crippen molar-refractivity contribution in [1.82, 2.24) is 9.97 Å². The predicted molar refractivity (Wildman–Crippen MR) is 231 cm³/mol. The fraction of sp³-hybridized carbons (Fsp3) is 0.455. The maximum absolute atomic E-state index is 5.05. The van der Waals surface area contributed by atoms with Gasteiger partial charge in [-0.1, -0.05) is 172 Å². The van der Waals surface area contributed by atoms with Crippen molar-refractivity contribution in [2.24, 2.45) is 0 Å². The van der Waals surface area contributed by atoms with E-state index in [1.165, 1.54) is 135 Å². The summed E-state index contributed by atoms with van der Waals surface area (Å²) in [6.45, 7) is 4.56. The minimum absolute atomic E-state index is 0.717. The van der Waals surface area contributed by atoms with Crippen LogP contribution in [0.2, 0.25) is 0 Å². The predicted octanol–water partition coefficient (Wildman–Crippen LogP) is 16.5. The lowest BCUT2D eigenvalue weighted by atomic mass is 9.99. The highest BCUT2D eigenvalue weighted by Gasteiger charge is 2.19. The summed E-state index contributed by atoms with van der Waals surface area (Å²) in [6, 6.07) is 22.7. The Hall–Kier alpha value is -1.60. The van der Waals surface area contributed by atoms with Gasteiger partial charge in [-0.2, -0.15) is 0 Å². The lowest BCUT2D eigenvalue weighted by Gasteiger charge is -2.14. The first kappa shape index (κ1) is 39.6. The fourth-order valence-electron chi connectivity index (χ4n) is 6.98. The smallest absolute Gasteiger partial charge is 0.133 e. The van der Waals surface area contributed by atoms with Crippen molar-refractivity contribution in [3.05, 3.63) is 89.9 Å². The Morgan fingerprint density at radius 3 is 1.14 bits per heavy atom. The number of hydrogen-bond acceptors (Lipinski definition) is 2. The lowest BCUT2D eigenvalue weighted by Crippen LogP contribution is -1.97. The van der Waals surface area contributed by atoms with Crippen LogP contribution < -0.4 is 0 Å². The van der Waals surface area contributed by atoms with Crippen LogP contribution in [0.15, 0.2) is 78.8 Å². The molecule has 50 heavy (non-hydrogen) atoms. The summed E-state index contributed by atoms with van der Waals surface area (Å²) >= 11 is 15.3. The molecule has 0 aliphatic heterocycles. The first-order valence-corrected chi connectivity index (χ1v) is 22.2. The Labute approximate surface area is 334 Å². The summed E-state index contributed by atoms with van der Waals surface area (Å²) in [7, 11) is 0. The van der Waals surface area contributed by atoms with E-state index in [2.05, 4.69) is 138 Å². The van der Waals surface area contributed by atoms with E-state index in [-0.39, 0.29) is 0 Å². The van der Waals surface area contributed by atoms with Gasteiger partial charge in [0, 0.05) is 20.1 Å². The molecule has 1 heterocycles. The third-order valence-corrected chi connectivity index (χ3v) is 12.4. The van der Waals surface area contributed by atoms with Gasteiger partial charge in [-0.05, 0) is 114 Å². The van der Waals surface area contributed by atoms with Crippen LogP contribution >= 0.6 is 63.7 Å². The number of fused-ring (bicyclic) bond motifs is 2. The number of nitrogens with zero attached hydrogens (tertiary/aromatic N) is 2. The molecule has 5 aromatic rings. The number of rotatable bonds is 20. The van der Waals surface area contributed by atoms with Crippen LogP contribution in [-0.2, 0) is 12.8 Å². The first-order valence-electron chi connectivity index (χ1n) is 19.1. The van der Waals surface area contributed by atoms with Gasteiger partial charge in [-0.15, -0.1) is 0 Å². The van der Waals surface area contributed by atoms with Gasteiger partial charge in [0.15, 0.2) is 0 Å². The van der Waals surface area contributed by atoms with Gasteiger partial charge in [-0.25, -0.2) is 9.97 Å². The minimum atomic E-state index is 0.717. The normalized spacial score (nSPS) is 11.6. The number of aryl methyl sites for hydroxylation is 2. The molecular weight excluding hydrogens is 876 g/mol. The summed E-state index contributed by atoms with van der Waals surface area (Å²) in [5.74, 6) is 0. The van der Waals surface area contributed by atoms with Crippen molar-refractivity contribution in [2.45, 2.75) is 129 Å². The number of unbranched alkanes of at least 4 members (excludes halogenated alkanes) is 14. The van der Waals surface area contributed by atoms with Crippen molar-refractivity contribution < 1.29 is 0 Å². The molecular formula is C44H52Br4N2. The average molecular weight is 929 g/mol. The second-order valence-corrected chi connectivity index (χ2v) is 17.2. The number of benzene rings is 4. The van der Waals surface area contributed by atoms with Gasteiger partial charge in [0.25, 0.3) is 0 Å². The van der Waals surface area contributed by atoms with Crippen molar-refractivity contribution in [1.29, 1.82) is 0 Å². The van der Waals surface area contributed by atoms with E-state index >= 15 is 0 Å². The molecule has 0 aliphatic carbocycles. The SMILES string of the molecule is CCCCCCCCCCc1ccc2cc(-c3nc(Br)c(-c4cc5ccc(CCCCCCCCCC)cc5cc4Br)nc3Br)c(Br)cc2c1. The Morgan fingerprint density at radius 2 is 0.760 bits per heavy atom. The molecule has 266 valence electrons. The van der Waals surface area contributed by atoms with Crippen LogP contribution in [0.3, 0.4) is 0 Å². The monoisotopic (exact) mass is 924 g/mol. The minimum Gasteiger partial charge on any atom is -0.236 e. The molecule has 5 rings (SSSR count). The van der Waals surface area contributed by atoms with Gasteiger partial charge in [-0.3, -0.25) is 0 Å². The number of aromatic nitrogens is 2. The maximum atomic E-state index is 5.05. The number of hydrogen-bond donors (Lipinski definition) is 0. The van der Waals surface area contributed by atoms with Crippen LogP contribution in [0, 0.1) is 0 Å². The summed E-state index contributed by atoms with van der Waals surface area (Å²) in [4.78, 5) is 10.1. The summed E-state index contributed by atoms with van der Waals surface area (Å²) in [6.07, 6.45) is 23.9. The molecule has 0 N–H and O–H groups in total. The Balaban J connectivity index is 1.25. The van der Waals surface area contributed by atoms with E-state index in [0.717, 1.165) is 53.5 Å². The molecule has 6 heteroatoms. The van der Waals surface area contributed by atoms with Crippen molar-refractivity contribution in [3.8, 4) is 22.5 Å². The zero-order valence-electron chi connectivity index (χ0n) is 29.9. The molecule has 0 atom stereocenters.